The summed E-state index contributed by atoms with van der Waals surface area (Å²) < 4.78 is 0. The molecule has 3 nitrogen and oxygen atoms in total. The van der Waals surface area contributed by atoms with E-state index in [0.717, 1.165) is 0 Å². The zero-order valence-electron chi connectivity index (χ0n) is 6.39. The summed E-state index contributed by atoms with van der Waals surface area (Å²) in [5, 5.41) is 10.2. The van der Waals surface area contributed by atoms with Crippen molar-refractivity contribution in [3.05, 3.63) is 39.9 Å². The molecule has 0 unspecified atom stereocenters. The van der Waals surface area contributed by atoms with E-state index in [9.17, 15) is 10.1 Å². The molecule has 0 radical (unpaired) electrons. The molecule has 0 heterocycles. The standard InChI is InChI=1S/C7H7NO2.2BrH/c1-6-4-2-3-5-7(6)8(9)10;;/h2-5H,1H3;2*1H. The quantitative estimate of drug-likeness (QED) is 0.591. The van der Waals surface area contributed by atoms with Crippen molar-refractivity contribution in [3.8, 4) is 0 Å². The highest BCUT2D eigenvalue weighted by Gasteiger charge is 2.05. The zero-order valence-corrected chi connectivity index (χ0v) is 9.82. The second-order valence-corrected chi connectivity index (χ2v) is 2.04. The average molecular weight is 299 g/mol. The topological polar surface area (TPSA) is 43.1 Å². The van der Waals surface area contributed by atoms with E-state index < -0.39 is 0 Å². The summed E-state index contributed by atoms with van der Waals surface area (Å²) in [5.74, 6) is 0. The van der Waals surface area contributed by atoms with Crippen LogP contribution in [0.5, 0.6) is 0 Å². The van der Waals surface area contributed by atoms with Gasteiger partial charge in [0.25, 0.3) is 5.69 Å². The summed E-state index contributed by atoms with van der Waals surface area (Å²) in [6, 6.07) is 6.65. The molecule has 0 saturated carbocycles. The molecule has 68 valence electrons. The van der Waals surface area contributed by atoms with Gasteiger partial charge in [0.1, 0.15) is 0 Å². The van der Waals surface area contributed by atoms with Crippen LogP contribution in [0.2, 0.25) is 0 Å². The Hall–Kier alpha value is -0.420. The van der Waals surface area contributed by atoms with Gasteiger partial charge < -0.3 is 0 Å². The molecule has 0 bridgehead atoms. The molecule has 0 atom stereocenters. The normalized spacial score (nSPS) is 7.75. The second-order valence-electron chi connectivity index (χ2n) is 2.04. The van der Waals surface area contributed by atoms with Crippen LogP contribution in [0.1, 0.15) is 5.56 Å². The van der Waals surface area contributed by atoms with Crippen molar-refractivity contribution in [3.63, 3.8) is 0 Å². The maximum atomic E-state index is 10.2. The number of hydrogen-bond donors (Lipinski definition) is 0. The van der Waals surface area contributed by atoms with Crippen molar-refractivity contribution in [1.82, 2.24) is 0 Å². The van der Waals surface area contributed by atoms with E-state index in [4.69, 9.17) is 0 Å². The third-order valence-corrected chi connectivity index (χ3v) is 1.31. The Labute approximate surface area is 91.5 Å². The van der Waals surface area contributed by atoms with Gasteiger partial charge in [-0.25, -0.2) is 0 Å². The number of halogens is 2. The summed E-state index contributed by atoms with van der Waals surface area (Å²) in [5.41, 5.74) is 0.884. The van der Waals surface area contributed by atoms with E-state index in [1.54, 1.807) is 25.1 Å². The van der Waals surface area contributed by atoms with Crippen LogP contribution in [0.3, 0.4) is 0 Å². The number of nitro groups is 1. The number of nitrogens with zero attached hydrogens (tertiary/aromatic N) is 1. The van der Waals surface area contributed by atoms with Gasteiger partial charge in [0.2, 0.25) is 0 Å². The predicted octanol–water partition coefficient (Wildman–Crippen LogP) is 3.06. The number of rotatable bonds is 1. The third-order valence-electron chi connectivity index (χ3n) is 1.31. The molecule has 0 aliphatic carbocycles. The third kappa shape index (κ3) is 3.32. The molecule has 0 amide bonds. The van der Waals surface area contributed by atoms with Crippen molar-refractivity contribution >= 4 is 39.7 Å². The first-order valence-corrected chi connectivity index (χ1v) is 2.92. The minimum Gasteiger partial charge on any atom is -0.258 e. The number of hydrogen-bond acceptors (Lipinski definition) is 2. The van der Waals surface area contributed by atoms with Crippen LogP contribution in [0, 0.1) is 17.0 Å². The maximum absolute atomic E-state index is 10.2. The Morgan fingerprint density at radius 2 is 1.75 bits per heavy atom. The number of nitro benzene ring substituents is 1. The maximum Gasteiger partial charge on any atom is 0.272 e. The van der Waals surface area contributed by atoms with E-state index in [1.807, 2.05) is 0 Å². The molecule has 0 N–H and O–H groups in total. The van der Waals surface area contributed by atoms with E-state index in [0.29, 0.717) is 5.56 Å². The van der Waals surface area contributed by atoms with Crippen molar-refractivity contribution in [2.75, 3.05) is 0 Å². The fourth-order valence-corrected chi connectivity index (χ4v) is 0.768. The van der Waals surface area contributed by atoms with Gasteiger partial charge in [0, 0.05) is 11.6 Å². The molecule has 0 aromatic heterocycles. The Morgan fingerprint density at radius 3 is 2.08 bits per heavy atom. The van der Waals surface area contributed by atoms with Gasteiger partial charge in [-0.2, -0.15) is 0 Å². The van der Waals surface area contributed by atoms with Gasteiger partial charge in [-0.05, 0) is 6.92 Å². The smallest absolute Gasteiger partial charge is 0.258 e. The molecule has 1 aromatic carbocycles. The van der Waals surface area contributed by atoms with Crippen molar-refractivity contribution in [1.29, 1.82) is 0 Å². The first-order chi connectivity index (χ1) is 4.72. The molecule has 0 aliphatic heterocycles. The highest BCUT2D eigenvalue weighted by atomic mass is 79.9. The number of para-hydroxylation sites is 1. The lowest BCUT2D eigenvalue weighted by molar-refractivity contribution is -0.385. The van der Waals surface area contributed by atoms with E-state index in [-0.39, 0.29) is 44.6 Å². The Kier molecular flexibility index (Phi) is 7.22. The molecule has 1 aromatic rings. The van der Waals surface area contributed by atoms with Crippen LogP contribution in [0.4, 0.5) is 5.69 Å². The summed E-state index contributed by atoms with van der Waals surface area (Å²) in [6.07, 6.45) is 0. The van der Waals surface area contributed by atoms with E-state index >= 15 is 0 Å². The van der Waals surface area contributed by atoms with Gasteiger partial charge in [0.15, 0.2) is 0 Å². The van der Waals surface area contributed by atoms with Gasteiger partial charge in [-0.1, -0.05) is 18.2 Å². The highest BCUT2D eigenvalue weighted by Crippen LogP contribution is 2.14. The van der Waals surface area contributed by atoms with Crippen LogP contribution >= 0.6 is 34.0 Å². The lowest BCUT2D eigenvalue weighted by Crippen LogP contribution is -1.89. The Balaban J connectivity index is 0. The molecule has 0 spiro atoms. The molecule has 5 heteroatoms. The van der Waals surface area contributed by atoms with Crippen LogP contribution in [-0.4, -0.2) is 4.92 Å². The van der Waals surface area contributed by atoms with E-state index in [2.05, 4.69) is 0 Å². The summed E-state index contributed by atoms with van der Waals surface area (Å²) in [6.45, 7) is 1.72. The predicted molar refractivity (Wildman–Crippen MR) is 58.5 cm³/mol. The van der Waals surface area contributed by atoms with Crippen LogP contribution < -0.4 is 0 Å². The number of benzene rings is 1. The second kappa shape index (κ2) is 6.14. The fraction of sp³-hybridized carbons (Fsp3) is 0.143. The number of aryl methyl sites for hydroxylation is 1. The van der Waals surface area contributed by atoms with Crippen molar-refractivity contribution in [2.45, 2.75) is 6.92 Å². The Bertz CT molecular complexity index is 265. The largest absolute Gasteiger partial charge is 0.272 e. The Morgan fingerprint density at radius 1 is 1.25 bits per heavy atom. The molecule has 12 heavy (non-hydrogen) atoms. The van der Waals surface area contributed by atoms with Gasteiger partial charge in [0.05, 0.1) is 4.92 Å². The molecular formula is C7H9Br2NO2. The highest BCUT2D eigenvalue weighted by molar-refractivity contribution is 8.93. The first kappa shape index (κ1) is 14.1. The van der Waals surface area contributed by atoms with Gasteiger partial charge >= 0.3 is 0 Å². The fourth-order valence-electron chi connectivity index (χ4n) is 0.768. The summed E-state index contributed by atoms with van der Waals surface area (Å²) in [7, 11) is 0. The first-order valence-electron chi connectivity index (χ1n) is 2.92. The molecule has 0 fully saturated rings. The monoisotopic (exact) mass is 297 g/mol. The summed E-state index contributed by atoms with van der Waals surface area (Å²) >= 11 is 0. The lowest BCUT2D eigenvalue weighted by atomic mass is 10.2. The van der Waals surface area contributed by atoms with Gasteiger partial charge in [-0.15, -0.1) is 34.0 Å². The van der Waals surface area contributed by atoms with Crippen LogP contribution in [0.25, 0.3) is 0 Å². The molecule has 0 saturated heterocycles. The van der Waals surface area contributed by atoms with Crippen LogP contribution in [-0.2, 0) is 0 Å². The van der Waals surface area contributed by atoms with Gasteiger partial charge in [-0.3, -0.25) is 10.1 Å². The minimum atomic E-state index is -0.380. The summed E-state index contributed by atoms with van der Waals surface area (Å²) in [4.78, 5) is 9.85. The van der Waals surface area contributed by atoms with E-state index in [1.165, 1.54) is 6.07 Å². The molecular weight excluding hydrogens is 290 g/mol. The zero-order chi connectivity index (χ0) is 7.56. The van der Waals surface area contributed by atoms with Crippen molar-refractivity contribution in [2.24, 2.45) is 0 Å². The van der Waals surface area contributed by atoms with Crippen molar-refractivity contribution < 1.29 is 4.92 Å². The molecule has 0 aliphatic rings. The lowest BCUT2D eigenvalue weighted by Gasteiger charge is -1.92. The molecule has 1 rings (SSSR count). The SMILES string of the molecule is Br.Br.Cc1ccccc1[N+](=O)[O-]. The van der Waals surface area contributed by atoms with Crippen LogP contribution in [0.15, 0.2) is 24.3 Å². The average Bonchev–Trinajstić information content (AvgIpc) is 1.88. The minimum absolute atomic E-state index is 0.